The molecule has 7 nitrogen and oxygen atoms in total. The van der Waals surface area contributed by atoms with Gasteiger partial charge in [0, 0.05) is 6.04 Å². The molecule has 1 aliphatic carbocycles. The summed E-state index contributed by atoms with van der Waals surface area (Å²) in [6.45, 7) is 3.84. The summed E-state index contributed by atoms with van der Waals surface area (Å²) in [4.78, 5) is 34.5. The van der Waals surface area contributed by atoms with E-state index >= 15 is 0 Å². The van der Waals surface area contributed by atoms with Crippen molar-refractivity contribution < 1.29 is 19.1 Å². The lowest BCUT2D eigenvalue weighted by atomic mass is 10.0. The molecular formula is C13H23N3O4. The second-order valence-corrected chi connectivity index (χ2v) is 5.38. The number of amides is 3. The second kappa shape index (κ2) is 7.84. The van der Waals surface area contributed by atoms with Crippen molar-refractivity contribution in [3.63, 3.8) is 0 Å². The molecule has 3 N–H and O–H groups in total. The second-order valence-electron chi connectivity index (χ2n) is 5.38. The average molecular weight is 285 g/mol. The van der Waals surface area contributed by atoms with Gasteiger partial charge in [0.05, 0.1) is 13.7 Å². The van der Waals surface area contributed by atoms with E-state index in [1.165, 1.54) is 7.11 Å². The van der Waals surface area contributed by atoms with Gasteiger partial charge in [-0.2, -0.15) is 0 Å². The number of imide groups is 1. The maximum absolute atomic E-state index is 11.6. The molecule has 1 aliphatic rings. The van der Waals surface area contributed by atoms with Gasteiger partial charge >= 0.3 is 12.0 Å². The number of hydrogen-bond donors (Lipinski definition) is 3. The first-order valence-corrected chi connectivity index (χ1v) is 6.84. The van der Waals surface area contributed by atoms with E-state index in [-0.39, 0.29) is 18.5 Å². The number of hydrogen-bond acceptors (Lipinski definition) is 5. The van der Waals surface area contributed by atoms with Crippen molar-refractivity contribution in [1.29, 1.82) is 0 Å². The topological polar surface area (TPSA) is 96.5 Å². The lowest BCUT2D eigenvalue weighted by Gasteiger charge is -2.17. The van der Waals surface area contributed by atoms with Crippen LogP contribution in [0.15, 0.2) is 0 Å². The standard InChI is InChI=1S/C13H23N3O4/c1-8(2)6-10(12(18)20-3)14-7-11(17)16-13(19)15-9-4-5-9/h8-10,14H,4-7H2,1-3H3,(H2,15,16,17,19). The van der Waals surface area contributed by atoms with Crippen LogP contribution in [0.25, 0.3) is 0 Å². The first-order chi connectivity index (χ1) is 9.42. The predicted molar refractivity (Wildman–Crippen MR) is 73.0 cm³/mol. The Morgan fingerprint density at radius 3 is 2.40 bits per heavy atom. The maximum Gasteiger partial charge on any atom is 0.322 e. The summed E-state index contributed by atoms with van der Waals surface area (Å²) in [5.74, 6) is -0.595. The quantitative estimate of drug-likeness (QED) is 0.579. The fraction of sp³-hybridized carbons (Fsp3) is 0.769. The molecule has 1 fully saturated rings. The zero-order valence-electron chi connectivity index (χ0n) is 12.2. The third kappa shape index (κ3) is 6.51. The van der Waals surface area contributed by atoms with E-state index in [9.17, 15) is 14.4 Å². The highest BCUT2D eigenvalue weighted by Crippen LogP contribution is 2.18. The first kappa shape index (κ1) is 16.4. The Morgan fingerprint density at radius 2 is 1.90 bits per heavy atom. The smallest absolute Gasteiger partial charge is 0.322 e. The van der Waals surface area contributed by atoms with Gasteiger partial charge in [0.2, 0.25) is 5.91 Å². The van der Waals surface area contributed by atoms with Crippen molar-refractivity contribution >= 4 is 17.9 Å². The number of nitrogens with one attached hydrogen (secondary N) is 3. The number of carbonyl (C=O) groups is 3. The molecule has 0 aliphatic heterocycles. The summed E-state index contributed by atoms with van der Waals surface area (Å²) in [5, 5.41) is 7.67. The summed E-state index contributed by atoms with van der Waals surface area (Å²) in [6.07, 6.45) is 2.48. The van der Waals surface area contributed by atoms with Crippen LogP contribution in [0.5, 0.6) is 0 Å². The molecule has 1 unspecified atom stereocenters. The summed E-state index contributed by atoms with van der Waals surface area (Å²) in [6, 6.07) is -0.838. The van der Waals surface area contributed by atoms with E-state index in [1.807, 2.05) is 13.8 Å². The van der Waals surface area contributed by atoms with Gasteiger partial charge in [-0.05, 0) is 25.2 Å². The van der Waals surface area contributed by atoms with Crippen LogP contribution < -0.4 is 16.0 Å². The van der Waals surface area contributed by atoms with Crippen molar-refractivity contribution in [2.24, 2.45) is 5.92 Å². The predicted octanol–water partition coefficient (Wildman–Crippen LogP) is 0.152. The molecule has 0 saturated heterocycles. The normalized spacial score (nSPS) is 15.6. The van der Waals surface area contributed by atoms with E-state index in [4.69, 9.17) is 0 Å². The van der Waals surface area contributed by atoms with E-state index in [1.54, 1.807) is 0 Å². The number of ether oxygens (including phenoxy) is 1. The summed E-state index contributed by atoms with van der Waals surface area (Å²) < 4.78 is 4.68. The van der Waals surface area contributed by atoms with Crippen molar-refractivity contribution in [1.82, 2.24) is 16.0 Å². The molecule has 0 radical (unpaired) electrons. The monoisotopic (exact) mass is 285 g/mol. The molecule has 0 aromatic heterocycles. The van der Waals surface area contributed by atoms with Crippen LogP contribution in [0.3, 0.4) is 0 Å². The first-order valence-electron chi connectivity index (χ1n) is 6.84. The molecule has 0 bridgehead atoms. The van der Waals surface area contributed by atoms with E-state index < -0.39 is 23.9 Å². The molecule has 0 aromatic carbocycles. The van der Waals surface area contributed by atoms with E-state index in [0.29, 0.717) is 6.42 Å². The van der Waals surface area contributed by atoms with E-state index in [0.717, 1.165) is 12.8 Å². The van der Waals surface area contributed by atoms with Crippen LogP contribution in [0.4, 0.5) is 4.79 Å². The highest BCUT2D eigenvalue weighted by molar-refractivity contribution is 5.95. The SMILES string of the molecule is COC(=O)C(CC(C)C)NCC(=O)NC(=O)NC1CC1. The Hall–Kier alpha value is -1.63. The maximum atomic E-state index is 11.6. The van der Waals surface area contributed by atoms with Crippen molar-refractivity contribution in [3.8, 4) is 0 Å². The Labute approximate surface area is 118 Å². The number of carbonyl (C=O) groups excluding carboxylic acids is 3. The number of urea groups is 1. The summed E-state index contributed by atoms with van der Waals surface area (Å²) in [7, 11) is 1.31. The van der Waals surface area contributed by atoms with Crippen LogP contribution in [0.2, 0.25) is 0 Å². The molecule has 0 aromatic rings. The highest BCUT2D eigenvalue weighted by atomic mass is 16.5. The van der Waals surface area contributed by atoms with Crippen LogP contribution in [-0.4, -0.2) is 43.6 Å². The Bertz CT molecular complexity index is 367. The summed E-state index contributed by atoms with van der Waals surface area (Å²) in [5.41, 5.74) is 0. The van der Waals surface area contributed by atoms with Crippen LogP contribution in [0, 0.1) is 5.92 Å². The molecule has 20 heavy (non-hydrogen) atoms. The van der Waals surface area contributed by atoms with Crippen LogP contribution >= 0.6 is 0 Å². The van der Waals surface area contributed by atoms with E-state index in [2.05, 4.69) is 20.7 Å². The minimum atomic E-state index is -0.544. The third-order valence-electron chi connectivity index (χ3n) is 2.87. The Kier molecular flexibility index (Phi) is 6.44. The van der Waals surface area contributed by atoms with Gasteiger partial charge in [-0.1, -0.05) is 13.8 Å². The highest BCUT2D eigenvalue weighted by Gasteiger charge is 2.24. The molecule has 3 amide bonds. The van der Waals surface area contributed by atoms with Gasteiger partial charge in [-0.15, -0.1) is 0 Å². The van der Waals surface area contributed by atoms with Gasteiger partial charge in [-0.3, -0.25) is 20.2 Å². The Morgan fingerprint density at radius 1 is 1.25 bits per heavy atom. The fourth-order valence-corrected chi connectivity index (χ4v) is 1.71. The minimum Gasteiger partial charge on any atom is -0.468 e. The van der Waals surface area contributed by atoms with Gasteiger partial charge in [-0.25, -0.2) is 4.79 Å². The lowest BCUT2D eigenvalue weighted by Crippen LogP contribution is -2.48. The van der Waals surface area contributed by atoms with Gasteiger partial charge in [0.25, 0.3) is 0 Å². The molecule has 0 heterocycles. The van der Waals surface area contributed by atoms with Crippen LogP contribution in [0.1, 0.15) is 33.1 Å². The van der Waals surface area contributed by atoms with Gasteiger partial charge in [0.15, 0.2) is 0 Å². The molecule has 0 spiro atoms. The van der Waals surface area contributed by atoms with Crippen LogP contribution in [-0.2, 0) is 14.3 Å². The molecule has 1 rings (SSSR count). The van der Waals surface area contributed by atoms with Crippen molar-refractivity contribution in [2.75, 3.05) is 13.7 Å². The lowest BCUT2D eigenvalue weighted by molar-refractivity contribution is -0.143. The summed E-state index contributed by atoms with van der Waals surface area (Å²) >= 11 is 0. The van der Waals surface area contributed by atoms with Gasteiger partial charge in [0.1, 0.15) is 6.04 Å². The molecule has 1 atom stereocenters. The average Bonchev–Trinajstić information content (AvgIpc) is 3.16. The largest absolute Gasteiger partial charge is 0.468 e. The third-order valence-corrected chi connectivity index (χ3v) is 2.87. The fourth-order valence-electron chi connectivity index (χ4n) is 1.71. The number of rotatable bonds is 7. The van der Waals surface area contributed by atoms with Crippen molar-refractivity contribution in [3.05, 3.63) is 0 Å². The zero-order valence-corrected chi connectivity index (χ0v) is 12.2. The number of esters is 1. The number of methoxy groups -OCH3 is 1. The minimum absolute atomic E-state index is 0.107. The Balaban J connectivity index is 2.31. The molecular weight excluding hydrogens is 262 g/mol. The van der Waals surface area contributed by atoms with Crippen molar-refractivity contribution in [2.45, 2.75) is 45.2 Å². The molecule has 114 valence electrons. The molecule has 1 saturated carbocycles. The molecule has 7 heteroatoms. The zero-order chi connectivity index (χ0) is 15.1. The van der Waals surface area contributed by atoms with Gasteiger partial charge < -0.3 is 10.1 Å².